The lowest BCUT2D eigenvalue weighted by molar-refractivity contribution is -0.155. The van der Waals surface area contributed by atoms with Gasteiger partial charge in [0.05, 0.1) is 0 Å². The number of esters is 1. The summed E-state index contributed by atoms with van der Waals surface area (Å²) < 4.78 is 5.21. The second kappa shape index (κ2) is 4.44. The van der Waals surface area contributed by atoms with E-state index in [4.69, 9.17) is 4.74 Å². The molecule has 1 aromatic rings. The van der Waals surface area contributed by atoms with Crippen LogP contribution in [0.3, 0.4) is 0 Å². The van der Waals surface area contributed by atoms with E-state index in [9.17, 15) is 9.59 Å². The zero-order chi connectivity index (χ0) is 13.3. The molecule has 0 aromatic heterocycles. The lowest BCUT2D eigenvalue weighted by Crippen LogP contribution is -2.35. The molecule has 96 valence electrons. The minimum atomic E-state index is -0.521. The summed E-state index contributed by atoms with van der Waals surface area (Å²) in [6.07, 6.45) is 0. The van der Waals surface area contributed by atoms with E-state index in [1.54, 1.807) is 6.07 Å². The second-order valence-corrected chi connectivity index (χ2v) is 5.40. The van der Waals surface area contributed by atoms with Crippen molar-refractivity contribution in [1.82, 2.24) is 4.90 Å². The van der Waals surface area contributed by atoms with Crippen molar-refractivity contribution < 1.29 is 14.3 Å². The first-order valence-corrected chi connectivity index (χ1v) is 5.96. The minimum Gasteiger partial charge on any atom is -0.459 e. The lowest BCUT2D eigenvalue weighted by atomic mass is 10.1. The summed E-state index contributed by atoms with van der Waals surface area (Å²) in [7, 11) is 0. The van der Waals surface area contributed by atoms with Crippen molar-refractivity contribution in [2.24, 2.45) is 0 Å². The van der Waals surface area contributed by atoms with Gasteiger partial charge in [0, 0.05) is 12.1 Å². The number of rotatable bonds is 2. The quantitative estimate of drug-likeness (QED) is 0.751. The number of benzene rings is 1. The molecule has 0 aliphatic carbocycles. The van der Waals surface area contributed by atoms with Gasteiger partial charge in [-0.05, 0) is 32.4 Å². The molecule has 0 N–H and O–H groups in total. The molecule has 4 heteroatoms. The van der Waals surface area contributed by atoms with Crippen LogP contribution in [0, 0.1) is 0 Å². The second-order valence-electron chi connectivity index (χ2n) is 5.40. The van der Waals surface area contributed by atoms with Crippen molar-refractivity contribution in [2.75, 3.05) is 6.54 Å². The van der Waals surface area contributed by atoms with Crippen molar-refractivity contribution in [3.05, 3.63) is 35.4 Å². The summed E-state index contributed by atoms with van der Waals surface area (Å²) in [4.78, 5) is 25.2. The molecule has 1 amide bonds. The Bertz CT molecular complexity index is 488. The first kappa shape index (κ1) is 12.6. The summed E-state index contributed by atoms with van der Waals surface area (Å²) in [5.41, 5.74) is 1.12. The summed E-state index contributed by atoms with van der Waals surface area (Å²) >= 11 is 0. The van der Waals surface area contributed by atoms with E-state index in [0.29, 0.717) is 12.1 Å². The highest BCUT2D eigenvalue weighted by atomic mass is 16.6. The van der Waals surface area contributed by atoms with Gasteiger partial charge >= 0.3 is 5.97 Å². The van der Waals surface area contributed by atoms with Gasteiger partial charge in [0.25, 0.3) is 5.91 Å². The molecule has 0 atom stereocenters. The van der Waals surface area contributed by atoms with E-state index in [1.807, 2.05) is 39.0 Å². The molecular formula is C14H17NO3. The molecule has 0 saturated carbocycles. The van der Waals surface area contributed by atoms with Crippen LogP contribution < -0.4 is 0 Å². The van der Waals surface area contributed by atoms with Crippen LogP contribution in [0.25, 0.3) is 0 Å². The van der Waals surface area contributed by atoms with Gasteiger partial charge in [-0.1, -0.05) is 18.2 Å². The monoisotopic (exact) mass is 247 g/mol. The number of amides is 1. The average Bonchev–Trinajstić information content (AvgIpc) is 2.54. The molecule has 1 heterocycles. The fourth-order valence-corrected chi connectivity index (χ4v) is 1.97. The zero-order valence-corrected chi connectivity index (χ0v) is 10.9. The summed E-state index contributed by atoms with van der Waals surface area (Å²) in [6, 6.07) is 7.41. The standard InChI is InChI=1S/C14H17NO3/c1-14(2,3)18-12(16)9-15-8-10-6-4-5-7-11(10)13(15)17/h4-7H,8-9H2,1-3H3. The van der Waals surface area contributed by atoms with Gasteiger partial charge in [-0.2, -0.15) is 0 Å². The maximum atomic E-state index is 12.0. The highest BCUT2D eigenvalue weighted by Crippen LogP contribution is 2.22. The predicted octanol–water partition coefficient (Wildman–Crippen LogP) is 1.98. The Labute approximate surface area is 107 Å². The van der Waals surface area contributed by atoms with E-state index in [2.05, 4.69) is 0 Å². The predicted molar refractivity (Wildman–Crippen MR) is 67.0 cm³/mol. The van der Waals surface area contributed by atoms with Crippen LogP contribution in [-0.2, 0) is 16.1 Å². The van der Waals surface area contributed by atoms with Crippen LogP contribution in [-0.4, -0.2) is 28.9 Å². The Kier molecular flexibility index (Phi) is 3.11. The van der Waals surface area contributed by atoms with Gasteiger partial charge < -0.3 is 9.64 Å². The van der Waals surface area contributed by atoms with E-state index in [-0.39, 0.29) is 18.4 Å². The number of carbonyl (C=O) groups is 2. The SMILES string of the molecule is CC(C)(C)OC(=O)CN1Cc2ccccc2C1=O. The van der Waals surface area contributed by atoms with Crippen molar-refractivity contribution in [1.29, 1.82) is 0 Å². The van der Waals surface area contributed by atoms with E-state index in [1.165, 1.54) is 4.90 Å². The molecule has 0 spiro atoms. The van der Waals surface area contributed by atoms with Crippen LogP contribution >= 0.6 is 0 Å². The minimum absolute atomic E-state index is 0.00475. The largest absolute Gasteiger partial charge is 0.459 e. The Morgan fingerprint density at radius 1 is 1.33 bits per heavy atom. The molecule has 0 radical (unpaired) electrons. The molecule has 2 rings (SSSR count). The average molecular weight is 247 g/mol. The van der Waals surface area contributed by atoms with E-state index in [0.717, 1.165) is 5.56 Å². The third-order valence-corrected chi connectivity index (χ3v) is 2.64. The molecule has 0 unspecified atom stereocenters. The van der Waals surface area contributed by atoms with Crippen molar-refractivity contribution >= 4 is 11.9 Å². The molecule has 0 bridgehead atoms. The number of hydrogen-bond acceptors (Lipinski definition) is 3. The van der Waals surface area contributed by atoms with E-state index >= 15 is 0 Å². The molecule has 0 fully saturated rings. The Balaban J connectivity index is 2.02. The van der Waals surface area contributed by atoms with Gasteiger partial charge in [0.1, 0.15) is 12.1 Å². The Hall–Kier alpha value is -1.84. The van der Waals surface area contributed by atoms with Crippen LogP contribution in [0.15, 0.2) is 24.3 Å². The zero-order valence-electron chi connectivity index (χ0n) is 10.9. The van der Waals surface area contributed by atoms with Gasteiger partial charge in [0.2, 0.25) is 0 Å². The molecule has 4 nitrogen and oxygen atoms in total. The number of hydrogen-bond donors (Lipinski definition) is 0. The Morgan fingerprint density at radius 3 is 2.61 bits per heavy atom. The molecule has 0 saturated heterocycles. The molecule has 1 aromatic carbocycles. The van der Waals surface area contributed by atoms with Crippen molar-refractivity contribution in [3.63, 3.8) is 0 Å². The normalized spacial score (nSPS) is 14.6. The first-order valence-electron chi connectivity index (χ1n) is 5.96. The van der Waals surface area contributed by atoms with Crippen molar-refractivity contribution in [2.45, 2.75) is 32.9 Å². The summed E-state index contributed by atoms with van der Waals surface area (Å²) in [5.74, 6) is -0.472. The molecule has 1 aliphatic rings. The first-order chi connectivity index (χ1) is 8.37. The maximum Gasteiger partial charge on any atom is 0.326 e. The van der Waals surface area contributed by atoms with Gasteiger partial charge in [-0.3, -0.25) is 9.59 Å². The summed E-state index contributed by atoms with van der Waals surface area (Å²) in [6.45, 7) is 5.92. The summed E-state index contributed by atoms with van der Waals surface area (Å²) in [5, 5.41) is 0. The number of nitrogens with zero attached hydrogens (tertiary/aromatic N) is 1. The smallest absolute Gasteiger partial charge is 0.326 e. The van der Waals surface area contributed by atoms with Crippen LogP contribution in [0.4, 0.5) is 0 Å². The van der Waals surface area contributed by atoms with Crippen LogP contribution in [0.1, 0.15) is 36.7 Å². The number of fused-ring (bicyclic) bond motifs is 1. The highest BCUT2D eigenvalue weighted by Gasteiger charge is 2.29. The topological polar surface area (TPSA) is 46.6 Å². The lowest BCUT2D eigenvalue weighted by Gasteiger charge is -2.22. The van der Waals surface area contributed by atoms with Crippen LogP contribution in [0.2, 0.25) is 0 Å². The fourth-order valence-electron chi connectivity index (χ4n) is 1.97. The van der Waals surface area contributed by atoms with Crippen molar-refractivity contribution in [3.8, 4) is 0 Å². The van der Waals surface area contributed by atoms with Gasteiger partial charge in [-0.15, -0.1) is 0 Å². The highest BCUT2D eigenvalue weighted by molar-refractivity contribution is 5.99. The third kappa shape index (κ3) is 2.70. The fraction of sp³-hybridized carbons (Fsp3) is 0.429. The van der Waals surface area contributed by atoms with Crippen LogP contribution in [0.5, 0.6) is 0 Å². The number of carbonyl (C=O) groups excluding carboxylic acids is 2. The Morgan fingerprint density at radius 2 is 2.00 bits per heavy atom. The maximum absolute atomic E-state index is 12.0. The molecular weight excluding hydrogens is 230 g/mol. The third-order valence-electron chi connectivity index (χ3n) is 2.64. The molecule has 18 heavy (non-hydrogen) atoms. The van der Waals surface area contributed by atoms with Gasteiger partial charge in [0.15, 0.2) is 0 Å². The number of ether oxygens (including phenoxy) is 1. The van der Waals surface area contributed by atoms with Gasteiger partial charge in [-0.25, -0.2) is 0 Å². The van der Waals surface area contributed by atoms with E-state index < -0.39 is 5.60 Å². The molecule has 1 aliphatic heterocycles.